The maximum Gasteiger partial charge on any atom is 0.167 e. The van der Waals surface area contributed by atoms with Gasteiger partial charge in [-0.3, -0.25) is 4.79 Å². The van der Waals surface area contributed by atoms with Crippen LogP contribution in [0.1, 0.15) is 45.8 Å². The molecule has 1 heterocycles. The van der Waals surface area contributed by atoms with Gasteiger partial charge in [-0.15, -0.1) is 0 Å². The molecule has 1 N–H and O–H groups in total. The summed E-state index contributed by atoms with van der Waals surface area (Å²) in [6.45, 7) is 4.12. The van der Waals surface area contributed by atoms with Crippen LogP contribution in [-0.4, -0.2) is 18.9 Å². The fourth-order valence-electron chi connectivity index (χ4n) is 3.10. The van der Waals surface area contributed by atoms with Gasteiger partial charge in [-0.2, -0.15) is 0 Å². The van der Waals surface area contributed by atoms with Gasteiger partial charge in [0.2, 0.25) is 0 Å². The zero-order valence-electron chi connectivity index (χ0n) is 13.4. The number of benzene rings is 2. The number of piperidine rings is 1. The lowest BCUT2D eigenvalue weighted by molar-refractivity contribution is 0.0993. The Morgan fingerprint density at radius 2 is 2.00 bits per heavy atom. The molecule has 1 saturated heterocycles. The highest BCUT2D eigenvalue weighted by atomic mass is 35.5. The molecule has 23 heavy (non-hydrogen) atoms. The molecule has 1 aliphatic heterocycles. The fraction of sp³-hybridized carbons (Fsp3) is 0.350. The van der Waals surface area contributed by atoms with Crippen molar-refractivity contribution >= 4 is 17.4 Å². The smallest absolute Gasteiger partial charge is 0.167 e. The molecule has 0 radical (unpaired) electrons. The Labute approximate surface area is 142 Å². The fourth-order valence-corrected chi connectivity index (χ4v) is 3.28. The molecule has 1 aliphatic rings. The summed E-state index contributed by atoms with van der Waals surface area (Å²) in [5.41, 5.74) is 4.10. The molecule has 0 saturated carbocycles. The molecule has 120 valence electrons. The van der Waals surface area contributed by atoms with Crippen molar-refractivity contribution in [2.24, 2.45) is 0 Å². The minimum absolute atomic E-state index is 0.110. The number of aryl methyl sites for hydroxylation is 1. The lowest BCUT2D eigenvalue weighted by atomic mass is 9.90. The minimum atomic E-state index is 0.110. The molecule has 2 aromatic carbocycles. The van der Waals surface area contributed by atoms with E-state index in [1.165, 1.54) is 18.4 Å². The zero-order chi connectivity index (χ0) is 16.2. The van der Waals surface area contributed by atoms with Crippen molar-refractivity contribution < 1.29 is 4.79 Å². The number of ketones is 1. The number of Topliss-reactive ketones (excluding diaryl/α,β-unsaturated/α-hetero) is 1. The second-order valence-electron chi connectivity index (χ2n) is 6.35. The highest BCUT2D eigenvalue weighted by Crippen LogP contribution is 2.24. The van der Waals surface area contributed by atoms with E-state index in [9.17, 15) is 4.79 Å². The molecule has 1 atom stereocenters. The van der Waals surface area contributed by atoms with Crippen molar-refractivity contribution in [2.45, 2.75) is 32.1 Å². The Balaban J connectivity index is 1.67. The molecule has 0 aromatic heterocycles. The number of hydrogen-bond donors (Lipinski definition) is 1. The van der Waals surface area contributed by atoms with Crippen LogP contribution in [0.15, 0.2) is 42.5 Å². The maximum atomic E-state index is 12.4. The first kappa shape index (κ1) is 16.2. The van der Waals surface area contributed by atoms with E-state index in [-0.39, 0.29) is 5.78 Å². The second kappa shape index (κ2) is 7.29. The summed E-state index contributed by atoms with van der Waals surface area (Å²) in [6.07, 6.45) is 2.90. The molecule has 0 unspecified atom stereocenters. The van der Waals surface area contributed by atoms with Gasteiger partial charge in [-0.25, -0.2) is 0 Å². The third-order valence-corrected chi connectivity index (χ3v) is 5.01. The summed E-state index contributed by atoms with van der Waals surface area (Å²) in [5.74, 6) is 0.711. The molecule has 2 nitrogen and oxygen atoms in total. The van der Waals surface area contributed by atoms with Crippen LogP contribution in [0.5, 0.6) is 0 Å². The third kappa shape index (κ3) is 4.01. The van der Waals surface area contributed by atoms with E-state index in [1.807, 2.05) is 19.1 Å². The Kier molecular flexibility index (Phi) is 5.14. The van der Waals surface area contributed by atoms with Crippen molar-refractivity contribution in [3.8, 4) is 0 Å². The van der Waals surface area contributed by atoms with Crippen molar-refractivity contribution in [2.75, 3.05) is 13.1 Å². The molecule has 0 amide bonds. The first-order valence-corrected chi connectivity index (χ1v) is 8.60. The SMILES string of the molecule is Cc1ccc(C(=O)Cc2ccc([C@@H]3CCCNC3)cc2)cc1Cl. The van der Waals surface area contributed by atoms with E-state index in [4.69, 9.17) is 11.6 Å². The van der Waals surface area contributed by atoms with Crippen molar-refractivity contribution in [1.82, 2.24) is 5.32 Å². The highest BCUT2D eigenvalue weighted by molar-refractivity contribution is 6.31. The zero-order valence-corrected chi connectivity index (χ0v) is 14.2. The lowest BCUT2D eigenvalue weighted by Gasteiger charge is -2.23. The van der Waals surface area contributed by atoms with Crippen LogP contribution in [0.4, 0.5) is 0 Å². The Morgan fingerprint density at radius 1 is 1.22 bits per heavy atom. The largest absolute Gasteiger partial charge is 0.316 e. The summed E-state index contributed by atoms with van der Waals surface area (Å²) >= 11 is 6.11. The monoisotopic (exact) mass is 327 g/mol. The number of carbonyl (C=O) groups is 1. The number of carbonyl (C=O) groups excluding carboxylic acids is 1. The summed E-state index contributed by atoms with van der Waals surface area (Å²) in [4.78, 5) is 12.4. The lowest BCUT2D eigenvalue weighted by Crippen LogP contribution is -2.28. The van der Waals surface area contributed by atoms with Crippen molar-refractivity contribution in [3.05, 3.63) is 69.7 Å². The predicted molar refractivity (Wildman–Crippen MR) is 95.5 cm³/mol. The summed E-state index contributed by atoms with van der Waals surface area (Å²) in [7, 11) is 0. The third-order valence-electron chi connectivity index (χ3n) is 4.61. The number of nitrogens with one attached hydrogen (secondary N) is 1. The molecular formula is C20H22ClNO. The van der Waals surface area contributed by atoms with Crippen LogP contribution in [0, 0.1) is 6.92 Å². The first-order chi connectivity index (χ1) is 11.1. The van der Waals surface area contributed by atoms with Gasteiger partial charge in [-0.05, 0) is 55.0 Å². The maximum absolute atomic E-state index is 12.4. The van der Waals surface area contributed by atoms with Crippen molar-refractivity contribution in [3.63, 3.8) is 0 Å². The van der Waals surface area contributed by atoms with Crippen molar-refractivity contribution in [1.29, 1.82) is 0 Å². The topological polar surface area (TPSA) is 29.1 Å². The van der Waals surface area contributed by atoms with Crippen LogP contribution in [0.2, 0.25) is 5.02 Å². The van der Waals surface area contributed by atoms with Crippen LogP contribution in [-0.2, 0) is 6.42 Å². The summed E-state index contributed by atoms with van der Waals surface area (Å²) in [6, 6.07) is 14.0. The van der Waals surface area contributed by atoms with Gasteiger partial charge >= 0.3 is 0 Å². The van der Waals surface area contributed by atoms with E-state index in [0.29, 0.717) is 22.9 Å². The van der Waals surface area contributed by atoms with Crippen LogP contribution >= 0.6 is 11.6 Å². The molecule has 2 aromatic rings. The average Bonchev–Trinajstić information content (AvgIpc) is 2.59. The quantitative estimate of drug-likeness (QED) is 0.835. The summed E-state index contributed by atoms with van der Waals surface area (Å²) in [5, 5.41) is 4.09. The first-order valence-electron chi connectivity index (χ1n) is 8.22. The number of hydrogen-bond acceptors (Lipinski definition) is 2. The van der Waals surface area contributed by atoms with Crippen LogP contribution in [0.3, 0.4) is 0 Å². The van der Waals surface area contributed by atoms with E-state index in [0.717, 1.165) is 24.2 Å². The molecule has 3 rings (SSSR count). The summed E-state index contributed by atoms with van der Waals surface area (Å²) < 4.78 is 0. The van der Waals surface area contributed by atoms with Gasteiger partial charge < -0.3 is 5.32 Å². The average molecular weight is 328 g/mol. The molecular weight excluding hydrogens is 306 g/mol. The van der Waals surface area contributed by atoms with E-state index in [2.05, 4.69) is 29.6 Å². The van der Waals surface area contributed by atoms with Gasteiger partial charge in [0.15, 0.2) is 5.78 Å². The standard InChI is InChI=1S/C20H22ClNO/c1-14-4-7-17(12-19(14)21)20(23)11-15-5-8-16(9-6-15)18-3-2-10-22-13-18/h4-9,12,18,22H,2-3,10-11,13H2,1H3/t18-/m1/s1. The molecule has 0 spiro atoms. The molecule has 3 heteroatoms. The Bertz CT molecular complexity index is 687. The molecule has 0 aliphatic carbocycles. The van der Waals surface area contributed by atoms with Gasteiger partial charge in [0.1, 0.15) is 0 Å². The van der Waals surface area contributed by atoms with Gasteiger partial charge in [0, 0.05) is 23.6 Å². The highest BCUT2D eigenvalue weighted by Gasteiger charge is 2.15. The molecule has 1 fully saturated rings. The normalized spacial score (nSPS) is 17.9. The minimum Gasteiger partial charge on any atom is -0.316 e. The van der Waals surface area contributed by atoms with Crippen LogP contribution < -0.4 is 5.32 Å². The number of halogens is 1. The van der Waals surface area contributed by atoms with E-state index < -0.39 is 0 Å². The number of rotatable bonds is 4. The van der Waals surface area contributed by atoms with Gasteiger partial charge in [-0.1, -0.05) is 48.0 Å². The van der Waals surface area contributed by atoms with Gasteiger partial charge in [0.25, 0.3) is 0 Å². The van der Waals surface area contributed by atoms with E-state index in [1.54, 1.807) is 6.07 Å². The Hall–Kier alpha value is -1.64. The molecule has 0 bridgehead atoms. The predicted octanol–water partition coefficient (Wildman–Crippen LogP) is 4.54. The Morgan fingerprint density at radius 3 is 2.65 bits per heavy atom. The second-order valence-corrected chi connectivity index (χ2v) is 6.76. The van der Waals surface area contributed by atoms with Gasteiger partial charge in [0.05, 0.1) is 0 Å². The van der Waals surface area contributed by atoms with Crippen LogP contribution in [0.25, 0.3) is 0 Å². The van der Waals surface area contributed by atoms with E-state index >= 15 is 0 Å².